The first kappa shape index (κ1) is 22.6. The molecule has 0 amide bonds. The van der Waals surface area contributed by atoms with Crippen molar-refractivity contribution in [2.45, 2.75) is 76.8 Å². The molecule has 0 unspecified atom stereocenters. The molecule has 35 heavy (non-hydrogen) atoms. The molecule has 5 heterocycles. The molecule has 0 spiro atoms. The van der Waals surface area contributed by atoms with Crippen molar-refractivity contribution < 1.29 is 0 Å². The molecule has 3 N–H and O–H groups in total. The Kier molecular flexibility index (Phi) is 5.77. The molecule has 0 atom stereocenters. The van der Waals surface area contributed by atoms with E-state index >= 15 is 0 Å². The van der Waals surface area contributed by atoms with Gasteiger partial charge in [-0.25, -0.2) is 15.0 Å². The van der Waals surface area contributed by atoms with Crippen molar-refractivity contribution in [2.75, 3.05) is 13.1 Å². The Morgan fingerprint density at radius 3 is 2.63 bits per heavy atom. The highest BCUT2D eigenvalue weighted by Gasteiger charge is 2.25. The van der Waals surface area contributed by atoms with Crippen molar-refractivity contribution in [1.82, 2.24) is 35.6 Å². The second-order valence-corrected chi connectivity index (χ2v) is 11.2. The molecule has 2 fully saturated rings. The third kappa shape index (κ3) is 4.32. The van der Waals surface area contributed by atoms with E-state index in [1.54, 1.807) is 0 Å². The minimum atomic E-state index is 0.00768. The van der Waals surface area contributed by atoms with Gasteiger partial charge in [0.1, 0.15) is 5.65 Å². The zero-order chi connectivity index (χ0) is 24.0. The lowest BCUT2D eigenvalue weighted by atomic mass is 9.79. The van der Waals surface area contributed by atoms with Crippen LogP contribution in [0.1, 0.15) is 75.7 Å². The average molecular weight is 470 g/mol. The van der Waals surface area contributed by atoms with Gasteiger partial charge in [0.25, 0.3) is 0 Å². The van der Waals surface area contributed by atoms with E-state index in [-0.39, 0.29) is 5.41 Å². The summed E-state index contributed by atoms with van der Waals surface area (Å²) in [6.45, 7) is 9.52. The van der Waals surface area contributed by atoms with Gasteiger partial charge in [-0.15, -0.1) is 0 Å². The monoisotopic (exact) mass is 469 g/mol. The molecular formula is C28H35N7. The average Bonchev–Trinajstić information content (AvgIpc) is 3.27. The molecule has 1 saturated carbocycles. The first-order valence-electron chi connectivity index (χ1n) is 13.0. The number of hydrogen-bond donors (Lipinski definition) is 3. The molecule has 1 aliphatic carbocycles. The predicted molar refractivity (Wildman–Crippen MR) is 140 cm³/mol. The second-order valence-electron chi connectivity index (χ2n) is 11.2. The van der Waals surface area contributed by atoms with E-state index in [0.717, 1.165) is 71.8 Å². The Bertz CT molecular complexity index is 1360. The Balaban J connectivity index is 1.47. The number of aromatic nitrogens is 5. The molecule has 7 nitrogen and oxygen atoms in total. The van der Waals surface area contributed by atoms with E-state index in [1.807, 2.05) is 18.5 Å². The van der Waals surface area contributed by atoms with Crippen molar-refractivity contribution in [3.05, 3.63) is 47.7 Å². The number of piperidine rings is 1. The van der Waals surface area contributed by atoms with E-state index in [1.165, 1.54) is 30.2 Å². The van der Waals surface area contributed by atoms with Crippen LogP contribution in [0.5, 0.6) is 0 Å². The summed E-state index contributed by atoms with van der Waals surface area (Å²) >= 11 is 0. The van der Waals surface area contributed by atoms with Crippen molar-refractivity contribution in [3.63, 3.8) is 0 Å². The molecule has 6 rings (SSSR count). The van der Waals surface area contributed by atoms with Crippen LogP contribution in [0.15, 0.2) is 30.7 Å². The van der Waals surface area contributed by atoms with Gasteiger partial charge >= 0.3 is 0 Å². The summed E-state index contributed by atoms with van der Waals surface area (Å²) in [7, 11) is 0. The fourth-order valence-electron chi connectivity index (χ4n) is 5.36. The van der Waals surface area contributed by atoms with Gasteiger partial charge in [-0.3, -0.25) is 4.98 Å². The SMILES string of the molecule is CC(C)(C)c1cc2c(-c3nc(CNC4CCNCC4)c4c(C5CCC5)cncc4n3)ccnc2[nH]1. The summed E-state index contributed by atoms with van der Waals surface area (Å²) in [4.78, 5) is 23.0. The Labute approximate surface area is 206 Å². The summed E-state index contributed by atoms with van der Waals surface area (Å²) in [6, 6.07) is 4.77. The molecule has 4 aromatic rings. The van der Waals surface area contributed by atoms with Crippen LogP contribution in [0.4, 0.5) is 0 Å². The highest BCUT2D eigenvalue weighted by atomic mass is 15.0. The van der Waals surface area contributed by atoms with E-state index in [4.69, 9.17) is 9.97 Å². The number of aromatic amines is 1. The lowest BCUT2D eigenvalue weighted by molar-refractivity contribution is 0.385. The number of rotatable bonds is 5. The minimum absolute atomic E-state index is 0.00768. The molecule has 0 radical (unpaired) electrons. The zero-order valence-corrected chi connectivity index (χ0v) is 21.0. The summed E-state index contributed by atoms with van der Waals surface area (Å²) in [5.41, 5.74) is 6.41. The molecular weight excluding hydrogens is 434 g/mol. The lowest BCUT2D eigenvalue weighted by Crippen LogP contribution is -2.39. The lowest BCUT2D eigenvalue weighted by Gasteiger charge is -2.28. The smallest absolute Gasteiger partial charge is 0.160 e. The Morgan fingerprint density at radius 1 is 1.06 bits per heavy atom. The van der Waals surface area contributed by atoms with Gasteiger partial charge in [-0.05, 0) is 62.4 Å². The number of fused-ring (bicyclic) bond motifs is 2. The molecule has 2 aliphatic rings. The van der Waals surface area contributed by atoms with E-state index in [9.17, 15) is 0 Å². The summed E-state index contributed by atoms with van der Waals surface area (Å²) in [5.74, 6) is 1.32. The van der Waals surface area contributed by atoms with Gasteiger partial charge in [0.2, 0.25) is 0 Å². The normalized spacial score (nSPS) is 17.8. The van der Waals surface area contributed by atoms with Crippen LogP contribution in [0.3, 0.4) is 0 Å². The molecule has 0 bridgehead atoms. The minimum Gasteiger partial charge on any atom is -0.343 e. The van der Waals surface area contributed by atoms with Crippen LogP contribution in [-0.4, -0.2) is 44.1 Å². The Morgan fingerprint density at radius 2 is 1.89 bits per heavy atom. The van der Waals surface area contributed by atoms with E-state index in [0.29, 0.717) is 12.0 Å². The van der Waals surface area contributed by atoms with Gasteiger partial charge in [0.15, 0.2) is 5.82 Å². The van der Waals surface area contributed by atoms with Crippen LogP contribution in [0, 0.1) is 0 Å². The quantitative estimate of drug-likeness (QED) is 0.382. The van der Waals surface area contributed by atoms with Crippen LogP contribution < -0.4 is 10.6 Å². The summed E-state index contributed by atoms with van der Waals surface area (Å²) in [5, 5.41) is 9.53. The third-order valence-electron chi connectivity index (χ3n) is 7.73. The molecule has 0 aromatic carbocycles. The van der Waals surface area contributed by atoms with Crippen LogP contribution in [-0.2, 0) is 12.0 Å². The topological polar surface area (TPSA) is 91.4 Å². The maximum atomic E-state index is 5.22. The van der Waals surface area contributed by atoms with Gasteiger partial charge in [-0.2, -0.15) is 0 Å². The first-order valence-corrected chi connectivity index (χ1v) is 13.0. The second kappa shape index (κ2) is 8.95. The summed E-state index contributed by atoms with van der Waals surface area (Å²) in [6.07, 6.45) is 11.9. The van der Waals surface area contributed by atoms with Crippen LogP contribution in [0.2, 0.25) is 0 Å². The van der Waals surface area contributed by atoms with Crippen molar-refractivity contribution in [1.29, 1.82) is 0 Å². The van der Waals surface area contributed by atoms with Gasteiger partial charge in [-0.1, -0.05) is 27.2 Å². The maximum Gasteiger partial charge on any atom is 0.160 e. The van der Waals surface area contributed by atoms with Crippen LogP contribution in [0.25, 0.3) is 33.3 Å². The number of nitrogens with one attached hydrogen (secondary N) is 3. The number of pyridine rings is 2. The van der Waals surface area contributed by atoms with Crippen LogP contribution >= 0.6 is 0 Å². The third-order valence-corrected chi connectivity index (χ3v) is 7.73. The fourth-order valence-corrected chi connectivity index (χ4v) is 5.36. The fraction of sp³-hybridized carbons (Fsp3) is 0.500. The highest BCUT2D eigenvalue weighted by Crippen LogP contribution is 2.40. The molecule has 4 aromatic heterocycles. The highest BCUT2D eigenvalue weighted by molar-refractivity contribution is 5.94. The first-order chi connectivity index (χ1) is 17.0. The van der Waals surface area contributed by atoms with Gasteiger partial charge < -0.3 is 15.6 Å². The van der Waals surface area contributed by atoms with E-state index in [2.05, 4.69) is 58.6 Å². The Hall–Kier alpha value is -2.90. The summed E-state index contributed by atoms with van der Waals surface area (Å²) < 4.78 is 0. The predicted octanol–water partition coefficient (Wildman–Crippen LogP) is 4.97. The van der Waals surface area contributed by atoms with Gasteiger partial charge in [0.05, 0.1) is 17.4 Å². The van der Waals surface area contributed by atoms with Crippen molar-refractivity contribution in [2.24, 2.45) is 0 Å². The van der Waals surface area contributed by atoms with Gasteiger partial charge in [0, 0.05) is 52.4 Å². The molecule has 1 aliphatic heterocycles. The number of hydrogen-bond acceptors (Lipinski definition) is 6. The maximum absolute atomic E-state index is 5.22. The standard InChI is InChI=1S/C28H35N7/c1-28(2,3)24-13-20-19(9-12-31-26(20)35-24)27-33-22-15-30-14-21(17-5-4-6-17)25(22)23(34-27)16-32-18-7-10-29-11-8-18/h9,12-15,17-18,29,32H,4-8,10-11,16H2,1-3H3,(H,31,35). The van der Waals surface area contributed by atoms with E-state index < -0.39 is 0 Å². The zero-order valence-electron chi connectivity index (χ0n) is 21.0. The molecule has 1 saturated heterocycles. The number of H-pyrrole nitrogens is 1. The largest absolute Gasteiger partial charge is 0.343 e. The number of nitrogens with zero attached hydrogens (tertiary/aromatic N) is 4. The molecule has 7 heteroatoms. The molecule has 182 valence electrons. The van der Waals surface area contributed by atoms with Crippen molar-refractivity contribution >= 4 is 21.9 Å². The van der Waals surface area contributed by atoms with Crippen molar-refractivity contribution in [3.8, 4) is 11.4 Å².